The Kier molecular flexibility index (Phi) is 7.60. The van der Waals surface area contributed by atoms with Gasteiger partial charge < -0.3 is 14.2 Å². The van der Waals surface area contributed by atoms with Crippen LogP contribution in [0.15, 0.2) is 0 Å². The summed E-state index contributed by atoms with van der Waals surface area (Å²) < 4.78 is 16.5. The fourth-order valence-corrected chi connectivity index (χ4v) is 9.17. The van der Waals surface area contributed by atoms with Crippen molar-refractivity contribution < 1.29 is 33.4 Å². The molecule has 4 aliphatic carbocycles. The van der Waals surface area contributed by atoms with Gasteiger partial charge in [-0.1, -0.05) is 20.8 Å². The van der Waals surface area contributed by atoms with Gasteiger partial charge in [0.1, 0.15) is 18.0 Å². The van der Waals surface area contributed by atoms with Crippen LogP contribution in [0.2, 0.25) is 0 Å². The van der Waals surface area contributed by atoms with Crippen molar-refractivity contribution in [2.45, 2.75) is 105 Å². The van der Waals surface area contributed by atoms with Crippen LogP contribution in [0.5, 0.6) is 0 Å². The van der Waals surface area contributed by atoms with Crippen molar-refractivity contribution in [3.63, 3.8) is 0 Å². The topological polar surface area (TPSA) is 96.0 Å². The molecule has 202 valence electrons. The molecular formula is C29H44O7. The van der Waals surface area contributed by atoms with Gasteiger partial charge in [-0.15, -0.1) is 0 Å². The molecule has 0 heterocycles. The second-order valence-electron chi connectivity index (χ2n) is 12.6. The van der Waals surface area contributed by atoms with Gasteiger partial charge in [-0.2, -0.15) is 0 Å². The van der Waals surface area contributed by atoms with E-state index in [0.717, 1.165) is 38.5 Å². The van der Waals surface area contributed by atoms with E-state index >= 15 is 0 Å². The number of carbonyl (C=O) groups is 4. The fraction of sp³-hybridized carbons (Fsp3) is 0.862. The van der Waals surface area contributed by atoms with Crippen LogP contribution >= 0.6 is 0 Å². The Morgan fingerprint density at radius 2 is 1.69 bits per heavy atom. The Balaban J connectivity index is 1.63. The normalized spacial score (nSPS) is 42.4. The molecule has 4 rings (SSSR count). The second kappa shape index (κ2) is 10.1. The molecule has 4 aliphatic rings. The molecule has 4 saturated carbocycles. The maximum atomic E-state index is 13.8. The highest BCUT2D eigenvalue weighted by molar-refractivity contribution is 5.83. The van der Waals surface area contributed by atoms with Crippen molar-refractivity contribution >= 4 is 23.7 Å². The van der Waals surface area contributed by atoms with E-state index in [-0.39, 0.29) is 76.5 Å². The van der Waals surface area contributed by atoms with E-state index in [4.69, 9.17) is 14.2 Å². The van der Waals surface area contributed by atoms with Crippen LogP contribution < -0.4 is 0 Å². The molecule has 10 atom stereocenters. The lowest BCUT2D eigenvalue weighted by Crippen LogP contribution is -2.62. The Hall–Kier alpha value is -1.92. The minimum Gasteiger partial charge on any atom is -0.469 e. The van der Waals surface area contributed by atoms with Crippen molar-refractivity contribution in [2.75, 3.05) is 7.11 Å². The van der Waals surface area contributed by atoms with E-state index in [1.807, 2.05) is 0 Å². The molecule has 7 nitrogen and oxygen atoms in total. The average Bonchev–Trinajstić information content (AvgIpc) is 3.16. The highest BCUT2D eigenvalue weighted by Crippen LogP contribution is 2.68. The zero-order chi connectivity index (χ0) is 26.4. The zero-order valence-corrected chi connectivity index (χ0v) is 22.8. The van der Waals surface area contributed by atoms with Crippen LogP contribution in [0, 0.1) is 46.3 Å². The first-order chi connectivity index (χ1) is 16.9. The number of hydrogen-bond donors (Lipinski definition) is 0. The summed E-state index contributed by atoms with van der Waals surface area (Å²) in [6.45, 7) is 9.69. The summed E-state index contributed by atoms with van der Waals surface area (Å²) in [4.78, 5) is 49.5. The van der Waals surface area contributed by atoms with E-state index < -0.39 is 0 Å². The van der Waals surface area contributed by atoms with Gasteiger partial charge in [0, 0.05) is 38.0 Å². The summed E-state index contributed by atoms with van der Waals surface area (Å²) >= 11 is 0. The maximum Gasteiger partial charge on any atom is 0.305 e. The molecule has 0 aromatic rings. The Morgan fingerprint density at radius 1 is 1.00 bits per heavy atom. The number of ketones is 1. The summed E-state index contributed by atoms with van der Waals surface area (Å²) in [6, 6.07) is 0. The van der Waals surface area contributed by atoms with Crippen molar-refractivity contribution in [3.05, 3.63) is 0 Å². The van der Waals surface area contributed by atoms with Gasteiger partial charge in [0.25, 0.3) is 0 Å². The SMILES string of the molecule is COC(=O)CC[C@@H](C)[C@H]1CC[C@H]2[C@@H]3C(=O)CC4CC(OC(C)=O)CC[C@]4(C)[C@H]3CC(OC(C)=O)[C@]12C. The molecule has 0 aromatic heterocycles. The maximum absolute atomic E-state index is 13.8. The first kappa shape index (κ1) is 27.1. The van der Waals surface area contributed by atoms with E-state index in [9.17, 15) is 19.2 Å². The number of Topliss-reactive ketones (excluding diaryl/α,β-unsaturated/α-hetero) is 1. The molecule has 0 aromatic carbocycles. The first-order valence-corrected chi connectivity index (χ1v) is 13.9. The van der Waals surface area contributed by atoms with Crippen molar-refractivity contribution in [1.82, 2.24) is 0 Å². The Labute approximate surface area is 215 Å². The molecule has 0 aliphatic heterocycles. The van der Waals surface area contributed by atoms with Crippen LogP contribution in [-0.4, -0.2) is 43.0 Å². The van der Waals surface area contributed by atoms with Gasteiger partial charge in [0.05, 0.1) is 7.11 Å². The highest BCUT2D eigenvalue weighted by atomic mass is 16.5. The van der Waals surface area contributed by atoms with Gasteiger partial charge in [0.15, 0.2) is 0 Å². The van der Waals surface area contributed by atoms with Crippen LogP contribution in [-0.2, 0) is 33.4 Å². The zero-order valence-electron chi connectivity index (χ0n) is 22.8. The third-order valence-corrected chi connectivity index (χ3v) is 10.9. The number of fused-ring (bicyclic) bond motifs is 5. The lowest BCUT2D eigenvalue weighted by molar-refractivity contribution is -0.197. The Morgan fingerprint density at radius 3 is 2.33 bits per heavy atom. The molecule has 0 N–H and O–H groups in total. The first-order valence-electron chi connectivity index (χ1n) is 13.9. The monoisotopic (exact) mass is 504 g/mol. The van der Waals surface area contributed by atoms with Crippen LogP contribution in [0.25, 0.3) is 0 Å². The molecular weight excluding hydrogens is 460 g/mol. The van der Waals surface area contributed by atoms with Crippen LogP contribution in [0.3, 0.4) is 0 Å². The third-order valence-electron chi connectivity index (χ3n) is 10.9. The van der Waals surface area contributed by atoms with Gasteiger partial charge >= 0.3 is 17.9 Å². The van der Waals surface area contributed by atoms with Gasteiger partial charge in [-0.25, -0.2) is 0 Å². The smallest absolute Gasteiger partial charge is 0.305 e. The molecule has 0 radical (unpaired) electrons. The molecule has 3 unspecified atom stereocenters. The molecule has 7 heteroatoms. The van der Waals surface area contributed by atoms with Gasteiger partial charge in [-0.05, 0) is 80.0 Å². The molecule has 0 spiro atoms. The van der Waals surface area contributed by atoms with E-state index in [1.54, 1.807) is 0 Å². The number of hydrogen-bond acceptors (Lipinski definition) is 7. The standard InChI is InChI=1S/C29H44O7/c1-16(7-10-26(33)34-6)21-8-9-22-27-23(15-25(29(21,22)5)36-18(3)31)28(4)12-11-20(35-17(2)30)13-19(28)14-24(27)32/h16,19-23,25,27H,7-15H2,1-6H3/t16-,19?,20?,21-,22+,23+,25?,27+,28+,29-/m1/s1. The number of carbonyl (C=O) groups excluding carboxylic acids is 4. The molecule has 4 fully saturated rings. The van der Waals surface area contributed by atoms with Crippen molar-refractivity contribution in [1.29, 1.82) is 0 Å². The predicted octanol–water partition coefficient (Wildman–Crippen LogP) is 4.89. The lowest BCUT2D eigenvalue weighted by Gasteiger charge is -2.62. The third kappa shape index (κ3) is 4.60. The summed E-state index contributed by atoms with van der Waals surface area (Å²) in [5.41, 5.74) is -0.334. The number of ether oxygens (including phenoxy) is 3. The highest BCUT2D eigenvalue weighted by Gasteiger charge is 2.67. The summed E-state index contributed by atoms with van der Waals surface area (Å²) in [7, 11) is 1.42. The fourth-order valence-electron chi connectivity index (χ4n) is 9.17. The minimum atomic E-state index is -0.295. The number of rotatable bonds is 6. The predicted molar refractivity (Wildman–Crippen MR) is 133 cm³/mol. The quantitative estimate of drug-likeness (QED) is 0.375. The minimum absolute atomic E-state index is 0.0221. The lowest BCUT2D eigenvalue weighted by atomic mass is 9.43. The molecule has 0 saturated heterocycles. The van der Waals surface area contributed by atoms with E-state index in [0.29, 0.717) is 25.0 Å². The van der Waals surface area contributed by atoms with Gasteiger partial charge in [0.2, 0.25) is 0 Å². The average molecular weight is 505 g/mol. The number of methoxy groups -OCH3 is 1. The summed E-state index contributed by atoms with van der Waals surface area (Å²) in [5.74, 6) is 0.633. The summed E-state index contributed by atoms with van der Waals surface area (Å²) in [6.07, 6.45) is 6.38. The molecule has 0 amide bonds. The van der Waals surface area contributed by atoms with Crippen LogP contribution in [0.1, 0.15) is 92.4 Å². The van der Waals surface area contributed by atoms with E-state index in [2.05, 4.69) is 20.8 Å². The van der Waals surface area contributed by atoms with Crippen molar-refractivity contribution in [3.8, 4) is 0 Å². The van der Waals surface area contributed by atoms with Gasteiger partial charge in [-0.3, -0.25) is 19.2 Å². The van der Waals surface area contributed by atoms with Crippen LogP contribution in [0.4, 0.5) is 0 Å². The Bertz CT molecular complexity index is 898. The largest absolute Gasteiger partial charge is 0.469 e. The second-order valence-corrected chi connectivity index (χ2v) is 12.6. The molecule has 0 bridgehead atoms. The summed E-state index contributed by atoms with van der Waals surface area (Å²) in [5, 5.41) is 0. The van der Waals surface area contributed by atoms with Crippen molar-refractivity contribution in [2.24, 2.45) is 46.3 Å². The van der Waals surface area contributed by atoms with E-state index in [1.165, 1.54) is 21.0 Å². The number of esters is 3. The molecule has 36 heavy (non-hydrogen) atoms.